The number of carbonyl (C=O) groups excluding carboxylic acids is 1. The largest absolute Gasteiger partial charge is 0.397 e. The molecule has 3 unspecified atom stereocenters. The number of aryl methyl sites for hydroxylation is 1. The molecule has 0 spiro atoms. The minimum absolute atomic E-state index is 0.00366. The first kappa shape index (κ1) is 13.5. The topological polar surface area (TPSA) is 60.0 Å². The molecule has 4 nitrogen and oxygen atoms in total. The Labute approximate surface area is 120 Å². The zero-order valence-corrected chi connectivity index (χ0v) is 12.9. The summed E-state index contributed by atoms with van der Waals surface area (Å²) in [5.74, 6) is 0.729. The quantitative estimate of drug-likeness (QED) is 0.871. The molecule has 0 radical (unpaired) electrons. The van der Waals surface area contributed by atoms with Gasteiger partial charge in [0.15, 0.2) is 0 Å². The number of nitrogens with two attached hydrogens (primary N) is 1. The Bertz CT molecular complexity index is 555. The summed E-state index contributed by atoms with van der Waals surface area (Å²) >= 11 is 0. The Morgan fingerprint density at radius 3 is 2.65 bits per heavy atom. The lowest BCUT2D eigenvalue weighted by atomic mass is 9.68. The summed E-state index contributed by atoms with van der Waals surface area (Å²) in [6, 6.07) is 2.00. The van der Waals surface area contributed by atoms with Gasteiger partial charge in [0.1, 0.15) is 5.69 Å². The van der Waals surface area contributed by atoms with E-state index in [2.05, 4.69) is 26.1 Å². The third-order valence-corrected chi connectivity index (χ3v) is 5.80. The van der Waals surface area contributed by atoms with Crippen molar-refractivity contribution < 1.29 is 4.79 Å². The number of amides is 1. The fraction of sp³-hybridized carbons (Fsp3) is 0.688. The molecule has 110 valence electrons. The van der Waals surface area contributed by atoms with Gasteiger partial charge in [-0.1, -0.05) is 20.8 Å². The third-order valence-electron chi connectivity index (χ3n) is 5.80. The van der Waals surface area contributed by atoms with Crippen LogP contribution in [0.1, 0.15) is 50.5 Å². The maximum absolute atomic E-state index is 12.6. The van der Waals surface area contributed by atoms with Crippen LogP contribution >= 0.6 is 0 Å². The molecule has 2 aliphatic carbocycles. The summed E-state index contributed by atoms with van der Waals surface area (Å²) in [6.07, 6.45) is 5.54. The van der Waals surface area contributed by atoms with Gasteiger partial charge in [0, 0.05) is 19.3 Å². The van der Waals surface area contributed by atoms with Crippen molar-refractivity contribution >= 4 is 11.6 Å². The minimum Gasteiger partial charge on any atom is -0.397 e. The van der Waals surface area contributed by atoms with Crippen LogP contribution in [-0.4, -0.2) is 16.5 Å². The first-order valence-corrected chi connectivity index (χ1v) is 7.47. The van der Waals surface area contributed by atoms with Crippen molar-refractivity contribution in [2.75, 3.05) is 5.73 Å². The predicted octanol–water partition coefficient (Wildman–Crippen LogP) is 2.55. The fourth-order valence-corrected chi connectivity index (χ4v) is 4.68. The standard InChI is InChI=1S/C16H25N3O/c1-15(2)10-5-6-16(3,8-10)14(15)18-13(20)12-7-11(17)9-19(12)4/h7,9-10,14H,5-6,8,17H2,1-4H3,(H,18,20). The highest BCUT2D eigenvalue weighted by Gasteiger charge is 2.59. The Kier molecular flexibility index (Phi) is 2.72. The van der Waals surface area contributed by atoms with E-state index in [1.54, 1.807) is 16.8 Å². The molecule has 3 rings (SSSR count). The Morgan fingerprint density at radius 2 is 2.15 bits per heavy atom. The molecule has 1 aromatic heterocycles. The summed E-state index contributed by atoms with van der Waals surface area (Å²) in [5.41, 5.74) is 7.47. The van der Waals surface area contributed by atoms with Crippen LogP contribution in [0.3, 0.4) is 0 Å². The number of nitrogen functional groups attached to an aromatic ring is 1. The Hall–Kier alpha value is -1.45. The lowest BCUT2D eigenvalue weighted by molar-refractivity contribution is 0.0730. The molecule has 1 aromatic rings. The van der Waals surface area contributed by atoms with E-state index in [9.17, 15) is 4.79 Å². The molecule has 1 heterocycles. The number of rotatable bonds is 2. The summed E-state index contributed by atoms with van der Waals surface area (Å²) in [7, 11) is 1.86. The van der Waals surface area contributed by atoms with Crippen LogP contribution in [-0.2, 0) is 7.05 Å². The van der Waals surface area contributed by atoms with Crippen molar-refractivity contribution in [3.63, 3.8) is 0 Å². The van der Waals surface area contributed by atoms with Crippen LogP contribution < -0.4 is 11.1 Å². The molecule has 3 atom stereocenters. The summed E-state index contributed by atoms with van der Waals surface area (Å²) in [5, 5.41) is 3.30. The van der Waals surface area contributed by atoms with E-state index in [0.29, 0.717) is 11.4 Å². The molecular weight excluding hydrogens is 250 g/mol. The van der Waals surface area contributed by atoms with E-state index >= 15 is 0 Å². The second-order valence-corrected chi connectivity index (χ2v) is 7.59. The molecule has 0 aliphatic heterocycles. The Balaban J connectivity index is 1.84. The van der Waals surface area contributed by atoms with Gasteiger partial charge in [-0.25, -0.2) is 0 Å². The van der Waals surface area contributed by atoms with Gasteiger partial charge in [-0.2, -0.15) is 0 Å². The highest BCUT2D eigenvalue weighted by molar-refractivity contribution is 5.94. The van der Waals surface area contributed by atoms with Crippen LogP contribution in [0.15, 0.2) is 12.3 Å². The van der Waals surface area contributed by atoms with Gasteiger partial charge in [-0.05, 0) is 42.1 Å². The van der Waals surface area contributed by atoms with Crippen LogP contribution in [0.2, 0.25) is 0 Å². The number of nitrogens with one attached hydrogen (secondary N) is 1. The first-order chi connectivity index (χ1) is 9.24. The van der Waals surface area contributed by atoms with E-state index in [4.69, 9.17) is 5.73 Å². The fourth-order valence-electron chi connectivity index (χ4n) is 4.68. The van der Waals surface area contributed by atoms with Gasteiger partial charge in [-0.15, -0.1) is 0 Å². The van der Waals surface area contributed by atoms with E-state index in [0.717, 1.165) is 5.92 Å². The molecule has 4 heteroatoms. The summed E-state index contributed by atoms with van der Waals surface area (Å²) in [4.78, 5) is 12.6. The van der Waals surface area contributed by atoms with Gasteiger partial charge >= 0.3 is 0 Å². The van der Waals surface area contributed by atoms with Gasteiger partial charge in [0.05, 0.1) is 5.69 Å². The third kappa shape index (κ3) is 1.77. The molecule has 0 aromatic carbocycles. The second kappa shape index (κ2) is 4.03. The smallest absolute Gasteiger partial charge is 0.268 e. The Morgan fingerprint density at radius 1 is 1.45 bits per heavy atom. The molecule has 2 fully saturated rings. The SMILES string of the molecule is Cn1cc(N)cc1C(=O)NC1C2(C)CCC(C2)C1(C)C. The maximum atomic E-state index is 12.6. The van der Waals surface area contributed by atoms with Crippen molar-refractivity contribution in [3.05, 3.63) is 18.0 Å². The van der Waals surface area contributed by atoms with Crippen molar-refractivity contribution in [1.82, 2.24) is 9.88 Å². The monoisotopic (exact) mass is 275 g/mol. The van der Waals surface area contributed by atoms with Crippen LogP contribution in [0, 0.1) is 16.7 Å². The normalized spacial score (nSPS) is 34.4. The number of nitrogens with zero attached hydrogens (tertiary/aromatic N) is 1. The molecule has 1 amide bonds. The van der Waals surface area contributed by atoms with Crippen molar-refractivity contribution in [3.8, 4) is 0 Å². The van der Waals surface area contributed by atoms with Gasteiger partial charge in [-0.3, -0.25) is 4.79 Å². The van der Waals surface area contributed by atoms with E-state index in [-0.39, 0.29) is 22.8 Å². The maximum Gasteiger partial charge on any atom is 0.268 e. The molecule has 2 saturated carbocycles. The molecule has 20 heavy (non-hydrogen) atoms. The van der Waals surface area contributed by atoms with Crippen molar-refractivity contribution in [2.45, 2.75) is 46.1 Å². The lowest BCUT2D eigenvalue weighted by Crippen LogP contribution is -2.52. The number of anilines is 1. The van der Waals surface area contributed by atoms with E-state index < -0.39 is 0 Å². The highest BCUT2D eigenvalue weighted by atomic mass is 16.2. The number of carbonyl (C=O) groups is 1. The lowest BCUT2D eigenvalue weighted by Gasteiger charge is -2.43. The average Bonchev–Trinajstić information content (AvgIpc) is 2.93. The predicted molar refractivity (Wildman–Crippen MR) is 80.3 cm³/mol. The van der Waals surface area contributed by atoms with Crippen molar-refractivity contribution in [2.24, 2.45) is 23.8 Å². The zero-order valence-electron chi connectivity index (χ0n) is 12.9. The van der Waals surface area contributed by atoms with Crippen LogP contribution in [0.25, 0.3) is 0 Å². The second-order valence-electron chi connectivity index (χ2n) is 7.59. The molecule has 3 N–H and O–H groups in total. The van der Waals surface area contributed by atoms with Gasteiger partial charge in [0.2, 0.25) is 0 Å². The summed E-state index contributed by atoms with van der Waals surface area (Å²) < 4.78 is 1.80. The number of fused-ring (bicyclic) bond motifs is 2. The minimum atomic E-state index is -0.00366. The molecular formula is C16H25N3O. The first-order valence-electron chi connectivity index (χ1n) is 7.47. The highest BCUT2D eigenvalue weighted by Crippen LogP contribution is 2.62. The van der Waals surface area contributed by atoms with Gasteiger partial charge < -0.3 is 15.6 Å². The number of hydrogen-bond donors (Lipinski definition) is 2. The molecule has 0 saturated heterocycles. The van der Waals surface area contributed by atoms with Crippen LogP contribution in [0.4, 0.5) is 5.69 Å². The van der Waals surface area contributed by atoms with Crippen LogP contribution in [0.5, 0.6) is 0 Å². The van der Waals surface area contributed by atoms with Gasteiger partial charge in [0.25, 0.3) is 5.91 Å². The van der Waals surface area contributed by atoms with Crippen molar-refractivity contribution in [1.29, 1.82) is 0 Å². The summed E-state index contributed by atoms with van der Waals surface area (Å²) in [6.45, 7) is 6.92. The molecule has 2 bridgehead atoms. The average molecular weight is 275 g/mol. The van der Waals surface area contributed by atoms with E-state index in [1.807, 2.05) is 7.05 Å². The number of aromatic nitrogens is 1. The zero-order chi connectivity index (χ0) is 14.7. The number of hydrogen-bond acceptors (Lipinski definition) is 2. The van der Waals surface area contributed by atoms with E-state index in [1.165, 1.54) is 19.3 Å². The molecule has 2 aliphatic rings.